The second-order valence-corrected chi connectivity index (χ2v) is 9.78. The van der Waals surface area contributed by atoms with E-state index in [2.05, 4.69) is 10.6 Å². The molecule has 0 spiro atoms. The van der Waals surface area contributed by atoms with Gasteiger partial charge in [-0.05, 0) is 60.4 Å². The molecule has 2 N–H and O–H groups in total. The van der Waals surface area contributed by atoms with Gasteiger partial charge in [-0.25, -0.2) is 0 Å². The highest BCUT2D eigenvalue weighted by molar-refractivity contribution is 6.32. The number of hydrogen-bond acceptors (Lipinski definition) is 4. The summed E-state index contributed by atoms with van der Waals surface area (Å²) in [5.41, 5.74) is 4.17. The molecule has 4 aromatic carbocycles. The number of rotatable bonds is 10. The molecule has 4 aromatic rings. The average Bonchev–Trinajstić information content (AvgIpc) is 2.97. The van der Waals surface area contributed by atoms with Crippen LogP contribution >= 0.6 is 23.2 Å². The third kappa shape index (κ3) is 11.0. The predicted molar refractivity (Wildman–Crippen MR) is 160 cm³/mol. The van der Waals surface area contributed by atoms with Gasteiger partial charge in [-0.2, -0.15) is 0 Å². The van der Waals surface area contributed by atoms with Crippen LogP contribution in [0.2, 0.25) is 10.0 Å². The van der Waals surface area contributed by atoms with E-state index in [1.807, 2.05) is 98.8 Å². The van der Waals surface area contributed by atoms with Crippen LogP contribution in [0.15, 0.2) is 97.1 Å². The van der Waals surface area contributed by atoms with Crippen LogP contribution in [0.5, 0.6) is 11.5 Å². The molecule has 0 saturated heterocycles. The van der Waals surface area contributed by atoms with Gasteiger partial charge in [-0.1, -0.05) is 96.0 Å². The van der Waals surface area contributed by atoms with E-state index in [9.17, 15) is 9.59 Å². The Bertz CT molecular complexity index is 1280. The van der Waals surface area contributed by atoms with Crippen molar-refractivity contribution < 1.29 is 19.1 Å². The lowest BCUT2D eigenvalue weighted by Crippen LogP contribution is -2.28. The van der Waals surface area contributed by atoms with Crippen molar-refractivity contribution in [2.75, 3.05) is 13.2 Å². The molecule has 0 aliphatic rings. The topological polar surface area (TPSA) is 76.7 Å². The first-order chi connectivity index (χ1) is 19.3. The molecule has 0 unspecified atom stereocenters. The molecule has 0 saturated carbocycles. The summed E-state index contributed by atoms with van der Waals surface area (Å²) < 4.78 is 10.8. The molecule has 0 bridgehead atoms. The van der Waals surface area contributed by atoms with Crippen LogP contribution in [0.1, 0.15) is 22.3 Å². The van der Waals surface area contributed by atoms with Crippen molar-refractivity contribution in [3.05, 3.63) is 129 Å². The van der Waals surface area contributed by atoms with Gasteiger partial charge >= 0.3 is 0 Å². The minimum absolute atomic E-state index is 0.0456. The van der Waals surface area contributed by atoms with Crippen LogP contribution in [0.3, 0.4) is 0 Å². The minimum Gasteiger partial charge on any atom is -0.482 e. The maximum atomic E-state index is 11.7. The van der Waals surface area contributed by atoms with Crippen LogP contribution < -0.4 is 20.1 Å². The smallest absolute Gasteiger partial charge is 0.258 e. The summed E-state index contributed by atoms with van der Waals surface area (Å²) in [6, 6.07) is 30.4. The first-order valence-corrected chi connectivity index (χ1v) is 13.4. The lowest BCUT2D eigenvalue weighted by Gasteiger charge is -2.09. The maximum absolute atomic E-state index is 11.7. The molecule has 0 aliphatic heterocycles. The van der Waals surface area contributed by atoms with E-state index in [-0.39, 0.29) is 25.0 Å². The fourth-order valence-corrected chi connectivity index (χ4v) is 3.77. The second-order valence-electron chi connectivity index (χ2n) is 8.97. The van der Waals surface area contributed by atoms with Crippen molar-refractivity contribution in [1.82, 2.24) is 10.6 Å². The number of hydrogen-bond donors (Lipinski definition) is 2. The van der Waals surface area contributed by atoms with Gasteiger partial charge in [0.15, 0.2) is 13.2 Å². The van der Waals surface area contributed by atoms with E-state index in [0.717, 1.165) is 22.3 Å². The van der Waals surface area contributed by atoms with Crippen molar-refractivity contribution in [3.8, 4) is 11.5 Å². The summed E-state index contributed by atoms with van der Waals surface area (Å²) in [4.78, 5) is 23.4. The molecule has 0 radical (unpaired) electrons. The van der Waals surface area contributed by atoms with Gasteiger partial charge in [0.1, 0.15) is 11.5 Å². The molecule has 6 nitrogen and oxygen atoms in total. The summed E-state index contributed by atoms with van der Waals surface area (Å²) in [7, 11) is 0. The Balaban J connectivity index is 0.000000220. The van der Waals surface area contributed by atoms with E-state index in [1.54, 1.807) is 12.1 Å². The van der Waals surface area contributed by atoms with Gasteiger partial charge in [-0.15, -0.1) is 0 Å². The van der Waals surface area contributed by atoms with Gasteiger partial charge in [0.25, 0.3) is 11.8 Å². The standard InChI is InChI=1S/2C16H16ClNO2/c2*1-12-7-8-14(17)15(9-12)20-11-16(19)18-10-13-5-3-2-4-6-13/h2*2-9H,10-11H2,1H3,(H,18,19). The summed E-state index contributed by atoms with van der Waals surface area (Å²) in [6.45, 7) is 4.78. The zero-order valence-electron chi connectivity index (χ0n) is 22.5. The largest absolute Gasteiger partial charge is 0.482 e. The fraction of sp³-hybridized carbons (Fsp3) is 0.188. The van der Waals surface area contributed by atoms with Crippen LogP contribution in [0.25, 0.3) is 0 Å². The molecule has 0 aliphatic carbocycles. The lowest BCUT2D eigenvalue weighted by molar-refractivity contribution is -0.124. The molecule has 40 heavy (non-hydrogen) atoms. The van der Waals surface area contributed by atoms with E-state index in [0.29, 0.717) is 34.6 Å². The molecule has 0 atom stereocenters. The zero-order valence-corrected chi connectivity index (χ0v) is 24.0. The Kier molecular flexibility index (Phi) is 12.4. The molecule has 2 amide bonds. The summed E-state index contributed by atoms with van der Waals surface area (Å²) in [5.74, 6) is 0.709. The highest BCUT2D eigenvalue weighted by Gasteiger charge is 2.07. The van der Waals surface area contributed by atoms with Crippen molar-refractivity contribution >= 4 is 35.0 Å². The number of amides is 2. The highest BCUT2D eigenvalue weighted by Crippen LogP contribution is 2.25. The molecule has 0 fully saturated rings. The average molecular weight is 580 g/mol. The van der Waals surface area contributed by atoms with Gasteiger partial charge in [-0.3, -0.25) is 9.59 Å². The SMILES string of the molecule is Cc1ccc(Cl)c(OCC(=O)NCc2ccccc2)c1.Cc1ccc(Cl)c(OCC(=O)NCc2ccccc2)c1. The van der Waals surface area contributed by atoms with Crippen LogP contribution in [-0.2, 0) is 22.7 Å². The van der Waals surface area contributed by atoms with Crippen molar-refractivity contribution in [2.24, 2.45) is 0 Å². The van der Waals surface area contributed by atoms with Crippen LogP contribution in [0, 0.1) is 13.8 Å². The van der Waals surface area contributed by atoms with E-state index in [4.69, 9.17) is 32.7 Å². The molecule has 4 rings (SSSR count). The molecule has 208 valence electrons. The van der Waals surface area contributed by atoms with Gasteiger partial charge in [0.2, 0.25) is 0 Å². The monoisotopic (exact) mass is 578 g/mol. The summed E-state index contributed by atoms with van der Waals surface area (Å²) in [5, 5.41) is 6.60. The van der Waals surface area contributed by atoms with Crippen molar-refractivity contribution in [2.45, 2.75) is 26.9 Å². The minimum atomic E-state index is -0.175. The van der Waals surface area contributed by atoms with Gasteiger partial charge in [0, 0.05) is 13.1 Å². The second kappa shape index (κ2) is 16.2. The number of aryl methyl sites for hydroxylation is 2. The predicted octanol–water partition coefficient (Wildman–Crippen LogP) is 6.69. The van der Waals surface area contributed by atoms with E-state index in [1.165, 1.54) is 0 Å². The Morgan fingerprint density at radius 2 is 0.975 bits per heavy atom. The van der Waals surface area contributed by atoms with E-state index >= 15 is 0 Å². The number of halogens is 2. The molecule has 0 heterocycles. The first-order valence-electron chi connectivity index (χ1n) is 12.7. The zero-order chi connectivity index (χ0) is 28.7. The number of benzene rings is 4. The lowest BCUT2D eigenvalue weighted by atomic mass is 10.2. The Morgan fingerprint density at radius 3 is 1.35 bits per heavy atom. The Morgan fingerprint density at radius 1 is 0.600 bits per heavy atom. The number of ether oxygens (including phenoxy) is 2. The quantitative estimate of drug-likeness (QED) is 0.220. The number of carbonyl (C=O) groups excluding carboxylic acids is 2. The van der Waals surface area contributed by atoms with Gasteiger partial charge < -0.3 is 20.1 Å². The van der Waals surface area contributed by atoms with Crippen LogP contribution in [0.4, 0.5) is 0 Å². The summed E-state index contributed by atoms with van der Waals surface area (Å²) >= 11 is 12.0. The number of carbonyl (C=O) groups is 2. The highest BCUT2D eigenvalue weighted by atomic mass is 35.5. The first kappa shape index (κ1) is 30.5. The molecular formula is C32H32Cl2N2O4. The number of nitrogens with one attached hydrogen (secondary N) is 2. The molecule has 8 heteroatoms. The fourth-order valence-electron chi connectivity index (χ4n) is 3.42. The normalized spacial score (nSPS) is 10.1. The van der Waals surface area contributed by atoms with Gasteiger partial charge in [0.05, 0.1) is 10.0 Å². The maximum Gasteiger partial charge on any atom is 0.258 e. The Hall–Kier alpha value is -4.00. The Labute approximate surface area is 245 Å². The third-order valence-electron chi connectivity index (χ3n) is 5.56. The van der Waals surface area contributed by atoms with Crippen molar-refractivity contribution in [1.29, 1.82) is 0 Å². The molecular weight excluding hydrogens is 547 g/mol. The summed E-state index contributed by atoms with van der Waals surface area (Å²) in [6.07, 6.45) is 0. The van der Waals surface area contributed by atoms with E-state index < -0.39 is 0 Å². The molecule has 0 aromatic heterocycles. The van der Waals surface area contributed by atoms with Crippen LogP contribution in [-0.4, -0.2) is 25.0 Å². The van der Waals surface area contributed by atoms with Crippen molar-refractivity contribution in [3.63, 3.8) is 0 Å². The third-order valence-corrected chi connectivity index (χ3v) is 6.18.